The van der Waals surface area contributed by atoms with Crippen LogP contribution in [0.25, 0.3) is 10.9 Å². The second-order valence-electron chi connectivity index (χ2n) is 3.89. The molecule has 0 radical (unpaired) electrons. The number of benzene rings is 1. The molecule has 1 heterocycles. The maximum absolute atomic E-state index is 11.8. The maximum Gasteiger partial charge on any atom is 0.268 e. The Balaban J connectivity index is 2.15. The number of H-pyrrole nitrogens is 1. The lowest BCUT2D eigenvalue weighted by Crippen LogP contribution is -2.35. The number of anilines is 1. The number of aromatic amines is 1. The lowest BCUT2D eigenvalue weighted by atomic mass is 10.2. The normalized spacial score (nSPS) is 10.3. The summed E-state index contributed by atoms with van der Waals surface area (Å²) in [6.07, 6.45) is 0. The van der Waals surface area contributed by atoms with Crippen LogP contribution in [0.4, 0.5) is 5.69 Å². The summed E-state index contributed by atoms with van der Waals surface area (Å²) >= 11 is 0. The first kappa shape index (κ1) is 12.0. The molecule has 1 aromatic heterocycles. The van der Waals surface area contributed by atoms with E-state index in [-0.39, 0.29) is 18.4 Å². The van der Waals surface area contributed by atoms with Crippen LogP contribution in [-0.4, -0.2) is 30.4 Å². The molecular weight excluding hydrogens is 232 g/mol. The van der Waals surface area contributed by atoms with Crippen molar-refractivity contribution in [2.45, 2.75) is 0 Å². The molecule has 0 saturated heterocycles. The monoisotopic (exact) mass is 246 g/mol. The van der Waals surface area contributed by atoms with Crippen LogP contribution in [0.5, 0.6) is 0 Å². The molecule has 6 nitrogen and oxygen atoms in total. The Morgan fingerprint density at radius 3 is 2.83 bits per heavy atom. The number of carbonyl (C=O) groups excluding carboxylic acids is 2. The predicted octanol–water partition coefficient (Wildman–Crippen LogP) is 0.226. The van der Waals surface area contributed by atoms with Crippen molar-refractivity contribution in [3.63, 3.8) is 0 Å². The highest BCUT2D eigenvalue weighted by molar-refractivity contribution is 5.99. The predicted molar refractivity (Wildman–Crippen MR) is 69.1 cm³/mol. The second-order valence-corrected chi connectivity index (χ2v) is 3.89. The molecule has 0 saturated carbocycles. The van der Waals surface area contributed by atoms with Crippen molar-refractivity contribution >= 4 is 28.4 Å². The highest BCUT2D eigenvalue weighted by atomic mass is 16.2. The number of nitrogens with one attached hydrogen (secondary N) is 3. The fraction of sp³-hybridized carbons (Fsp3) is 0.167. The van der Waals surface area contributed by atoms with Gasteiger partial charge in [-0.1, -0.05) is 0 Å². The van der Waals surface area contributed by atoms with Crippen LogP contribution in [-0.2, 0) is 4.79 Å². The molecule has 2 amide bonds. The van der Waals surface area contributed by atoms with E-state index in [0.717, 1.165) is 10.9 Å². The van der Waals surface area contributed by atoms with Gasteiger partial charge in [-0.25, -0.2) is 0 Å². The fourth-order valence-corrected chi connectivity index (χ4v) is 1.62. The zero-order chi connectivity index (χ0) is 13.1. The number of aromatic nitrogens is 1. The highest BCUT2D eigenvalue weighted by Gasteiger charge is 2.10. The van der Waals surface area contributed by atoms with Gasteiger partial charge in [-0.05, 0) is 24.3 Å². The Morgan fingerprint density at radius 2 is 2.11 bits per heavy atom. The zero-order valence-electron chi connectivity index (χ0n) is 9.91. The molecule has 18 heavy (non-hydrogen) atoms. The molecule has 5 N–H and O–H groups in total. The largest absolute Gasteiger partial charge is 0.399 e. The van der Waals surface area contributed by atoms with Gasteiger partial charge in [0.1, 0.15) is 5.69 Å². The van der Waals surface area contributed by atoms with Crippen molar-refractivity contribution < 1.29 is 9.59 Å². The number of hydrogen-bond acceptors (Lipinski definition) is 3. The van der Waals surface area contributed by atoms with Gasteiger partial charge in [0.25, 0.3) is 5.91 Å². The average Bonchev–Trinajstić information content (AvgIpc) is 2.78. The maximum atomic E-state index is 11.8. The Labute approximate surface area is 104 Å². The number of nitrogens with two attached hydrogens (primary N) is 1. The van der Waals surface area contributed by atoms with Crippen molar-refractivity contribution in [2.75, 3.05) is 19.3 Å². The molecule has 0 unspecified atom stereocenters. The first-order chi connectivity index (χ1) is 8.60. The fourth-order valence-electron chi connectivity index (χ4n) is 1.62. The molecule has 0 spiro atoms. The molecule has 0 atom stereocenters. The Kier molecular flexibility index (Phi) is 3.18. The first-order valence-corrected chi connectivity index (χ1v) is 5.47. The van der Waals surface area contributed by atoms with Crippen LogP contribution in [0, 0.1) is 0 Å². The van der Waals surface area contributed by atoms with Crippen LogP contribution in [0.2, 0.25) is 0 Å². The molecule has 0 aliphatic heterocycles. The van der Waals surface area contributed by atoms with E-state index in [0.29, 0.717) is 11.4 Å². The smallest absolute Gasteiger partial charge is 0.268 e. The topological polar surface area (TPSA) is 100 Å². The first-order valence-electron chi connectivity index (χ1n) is 5.47. The quantitative estimate of drug-likeness (QED) is 0.583. The van der Waals surface area contributed by atoms with Gasteiger partial charge in [0, 0.05) is 23.6 Å². The molecule has 0 bridgehead atoms. The minimum atomic E-state index is -0.326. The van der Waals surface area contributed by atoms with E-state index < -0.39 is 0 Å². The van der Waals surface area contributed by atoms with E-state index in [1.165, 1.54) is 7.05 Å². The Bertz CT molecular complexity index is 603. The summed E-state index contributed by atoms with van der Waals surface area (Å²) < 4.78 is 0. The van der Waals surface area contributed by atoms with Gasteiger partial charge in [0.15, 0.2) is 0 Å². The Morgan fingerprint density at radius 1 is 1.33 bits per heavy atom. The number of nitrogen functional groups attached to an aromatic ring is 1. The van der Waals surface area contributed by atoms with E-state index in [1.54, 1.807) is 24.3 Å². The summed E-state index contributed by atoms with van der Waals surface area (Å²) in [5, 5.41) is 5.80. The molecule has 2 rings (SSSR count). The minimum absolute atomic E-state index is 0.0488. The molecule has 94 valence electrons. The van der Waals surface area contributed by atoms with Crippen molar-refractivity contribution in [2.24, 2.45) is 0 Å². The Hall–Kier alpha value is -2.50. The third-order valence-electron chi connectivity index (χ3n) is 2.58. The van der Waals surface area contributed by atoms with Crippen molar-refractivity contribution in [1.82, 2.24) is 15.6 Å². The average molecular weight is 246 g/mol. The number of fused-ring (bicyclic) bond motifs is 1. The van der Waals surface area contributed by atoms with Gasteiger partial charge in [-0.2, -0.15) is 0 Å². The van der Waals surface area contributed by atoms with Crippen LogP contribution in [0.15, 0.2) is 24.3 Å². The van der Waals surface area contributed by atoms with Gasteiger partial charge < -0.3 is 21.4 Å². The summed E-state index contributed by atoms with van der Waals surface area (Å²) in [4.78, 5) is 25.7. The number of amides is 2. The van der Waals surface area contributed by atoms with E-state index in [2.05, 4.69) is 15.6 Å². The number of carbonyl (C=O) groups is 2. The summed E-state index contributed by atoms with van der Waals surface area (Å²) in [5.74, 6) is -0.572. The van der Waals surface area contributed by atoms with Crippen LogP contribution in [0.3, 0.4) is 0 Å². The molecule has 2 aromatic rings. The highest BCUT2D eigenvalue weighted by Crippen LogP contribution is 2.18. The summed E-state index contributed by atoms with van der Waals surface area (Å²) in [7, 11) is 1.51. The van der Waals surface area contributed by atoms with Crippen molar-refractivity contribution in [3.05, 3.63) is 30.0 Å². The van der Waals surface area contributed by atoms with Gasteiger partial charge in [0.05, 0.1) is 6.54 Å². The van der Waals surface area contributed by atoms with Crippen LogP contribution < -0.4 is 16.4 Å². The van der Waals surface area contributed by atoms with E-state index in [4.69, 9.17) is 5.73 Å². The lowest BCUT2D eigenvalue weighted by molar-refractivity contribution is -0.119. The minimum Gasteiger partial charge on any atom is -0.399 e. The van der Waals surface area contributed by atoms with Crippen LogP contribution >= 0.6 is 0 Å². The zero-order valence-corrected chi connectivity index (χ0v) is 9.91. The standard InChI is InChI=1S/C12H14N4O2/c1-14-11(17)6-15-12(18)10-5-7-4-8(13)2-3-9(7)16-10/h2-5,16H,6,13H2,1H3,(H,14,17)(H,15,18). The van der Waals surface area contributed by atoms with Crippen LogP contribution in [0.1, 0.15) is 10.5 Å². The third-order valence-corrected chi connectivity index (χ3v) is 2.58. The molecule has 0 aliphatic rings. The summed E-state index contributed by atoms with van der Waals surface area (Å²) in [6, 6.07) is 7.04. The summed E-state index contributed by atoms with van der Waals surface area (Å²) in [5.41, 5.74) is 7.53. The molecule has 6 heteroatoms. The number of rotatable bonds is 3. The molecule has 0 aliphatic carbocycles. The van der Waals surface area contributed by atoms with E-state index in [1.807, 2.05) is 0 Å². The van der Waals surface area contributed by atoms with Crippen molar-refractivity contribution in [1.29, 1.82) is 0 Å². The number of hydrogen-bond donors (Lipinski definition) is 4. The van der Waals surface area contributed by atoms with E-state index >= 15 is 0 Å². The SMILES string of the molecule is CNC(=O)CNC(=O)c1cc2cc(N)ccc2[nH]1. The van der Waals surface area contributed by atoms with Gasteiger partial charge >= 0.3 is 0 Å². The molecular formula is C12H14N4O2. The van der Waals surface area contributed by atoms with Gasteiger partial charge in [0.2, 0.25) is 5.91 Å². The van der Waals surface area contributed by atoms with Crippen molar-refractivity contribution in [3.8, 4) is 0 Å². The van der Waals surface area contributed by atoms with Gasteiger partial charge in [-0.3, -0.25) is 9.59 Å². The lowest BCUT2D eigenvalue weighted by Gasteiger charge is -2.01. The van der Waals surface area contributed by atoms with Gasteiger partial charge in [-0.15, -0.1) is 0 Å². The van der Waals surface area contributed by atoms with E-state index in [9.17, 15) is 9.59 Å². The number of likely N-dealkylation sites (N-methyl/N-ethyl adjacent to an activating group) is 1. The molecule has 1 aromatic carbocycles. The second kappa shape index (κ2) is 4.79. The third kappa shape index (κ3) is 2.42. The summed E-state index contributed by atoms with van der Waals surface area (Å²) in [6.45, 7) is -0.0488. The molecule has 0 fully saturated rings.